The molecule has 4 rings (SSSR count). The number of ketones is 1. The van der Waals surface area contributed by atoms with E-state index in [1.54, 1.807) is 31.2 Å². The molecule has 1 aliphatic rings. The third kappa shape index (κ3) is 5.07. The first kappa shape index (κ1) is 23.8. The molecule has 0 spiro atoms. The smallest absolute Gasteiger partial charge is 0.237 e. The predicted molar refractivity (Wildman–Crippen MR) is 126 cm³/mol. The van der Waals surface area contributed by atoms with Crippen molar-refractivity contribution >= 4 is 11.7 Å². The molecule has 2 heterocycles. The molecule has 2 unspecified atom stereocenters. The Balaban J connectivity index is 1.80. The highest BCUT2D eigenvalue weighted by Crippen LogP contribution is 2.36. The Kier molecular flexibility index (Phi) is 7.17. The standard InChI is InChI=1S/C26H29FN4O3/c1-15(2)18-11-12-19(23(24(18)27)17-8-5-4-6-9-17)25(29-26(33)20-10-7-13-28-20)21(32)14-22-31-30-16(3)34-22/h4-6,8-9,11-12,15,20,25,28H,7,10,13-14H2,1-3H3,(H,29,33). The Morgan fingerprint density at radius 1 is 1.15 bits per heavy atom. The van der Waals surface area contributed by atoms with Gasteiger partial charge in [-0.1, -0.05) is 56.3 Å². The maximum Gasteiger partial charge on any atom is 0.237 e. The average Bonchev–Trinajstić information content (AvgIpc) is 3.49. The van der Waals surface area contributed by atoms with E-state index in [-0.39, 0.29) is 36.0 Å². The summed E-state index contributed by atoms with van der Waals surface area (Å²) in [7, 11) is 0. The molecule has 3 aromatic rings. The molecule has 8 heteroatoms. The van der Waals surface area contributed by atoms with E-state index in [0.717, 1.165) is 13.0 Å². The minimum absolute atomic E-state index is 0.0516. The maximum absolute atomic E-state index is 15.9. The normalized spacial score (nSPS) is 16.6. The van der Waals surface area contributed by atoms with E-state index >= 15 is 4.39 Å². The molecule has 7 nitrogen and oxygen atoms in total. The number of benzene rings is 2. The summed E-state index contributed by atoms with van der Waals surface area (Å²) in [4.78, 5) is 26.5. The van der Waals surface area contributed by atoms with Gasteiger partial charge in [0.25, 0.3) is 0 Å². The number of rotatable bonds is 8. The van der Waals surface area contributed by atoms with Gasteiger partial charge in [0.05, 0.1) is 12.5 Å². The zero-order valence-corrected chi connectivity index (χ0v) is 19.6. The van der Waals surface area contributed by atoms with Crippen LogP contribution in [0.3, 0.4) is 0 Å². The molecule has 0 bridgehead atoms. The summed E-state index contributed by atoms with van der Waals surface area (Å²) in [6, 6.07) is 11.1. The summed E-state index contributed by atoms with van der Waals surface area (Å²) in [6.45, 7) is 6.21. The van der Waals surface area contributed by atoms with Gasteiger partial charge in [-0.05, 0) is 42.0 Å². The summed E-state index contributed by atoms with van der Waals surface area (Å²) < 4.78 is 21.3. The fourth-order valence-electron chi connectivity index (χ4n) is 4.33. The fourth-order valence-corrected chi connectivity index (χ4v) is 4.33. The lowest BCUT2D eigenvalue weighted by Crippen LogP contribution is -2.44. The van der Waals surface area contributed by atoms with E-state index in [1.807, 2.05) is 32.0 Å². The molecule has 1 saturated heterocycles. The second-order valence-electron chi connectivity index (χ2n) is 8.90. The van der Waals surface area contributed by atoms with Gasteiger partial charge in [0, 0.05) is 12.5 Å². The van der Waals surface area contributed by atoms with E-state index in [1.165, 1.54) is 0 Å². The third-order valence-corrected chi connectivity index (χ3v) is 6.08. The Bertz CT molecular complexity index is 1170. The van der Waals surface area contributed by atoms with E-state index in [9.17, 15) is 9.59 Å². The van der Waals surface area contributed by atoms with Crippen LogP contribution in [0.5, 0.6) is 0 Å². The number of Topliss-reactive ketones (excluding diaryl/α,β-unsaturated/α-hetero) is 1. The van der Waals surface area contributed by atoms with Gasteiger partial charge in [-0.3, -0.25) is 9.59 Å². The Morgan fingerprint density at radius 3 is 2.50 bits per heavy atom. The van der Waals surface area contributed by atoms with E-state index in [4.69, 9.17) is 4.42 Å². The molecule has 0 saturated carbocycles. The van der Waals surface area contributed by atoms with E-state index in [0.29, 0.717) is 34.6 Å². The minimum atomic E-state index is -1.08. The molecule has 1 aliphatic heterocycles. The number of hydrogen-bond donors (Lipinski definition) is 2. The molecule has 2 aromatic carbocycles. The number of aromatic nitrogens is 2. The van der Waals surface area contributed by atoms with E-state index < -0.39 is 11.9 Å². The molecule has 2 atom stereocenters. The lowest BCUT2D eigenvalue weighted by molar-refractivity contribution is -0.128. The second-order valence-corrected chi connectivity index (χ2v) is 8.90. The number of nitrogens with zero attached hydrogens (tertiary/aromatic N) is 2. The lowest BCUT2D eigenvalue weighted by Gasteiger charge is -2.24. The molecule has 1 amide bonds. The van der Waals surface area contributed by atoms with Crippen LogP contribution in [0.15, 0.2) is 46.9 Å². The van der Waals surface area contributed by atoms with Crippen molar-refractivity contribution in [3.63, 3.8) is 0 Å². The van der Waals surface area contributed by atoms with Crippen molar-refractivity contribution in [2.24, 2.45) is 0 Å². The number of amides is 1. The first-order chi connectivity index (χ1) is 16.3. The van der Waals surface area contributed by atoms with Crippen LogP contribution in [-0.2, 0) is 16.0 Å². The first-order valence-electron chi connectivity index (χ1n) is 11.6. The van der Waals surface area contributed by atoms with Crippen LogP contribution in [0, 0.1) is 12.7 Å². The van der Waals surface area contributed by atoms with Crippen molar-refractivity contribution in [1.29, 1.82) is 0 Å². The SMILES string of the molecule is Cc1nnc(CC(=O)C(NC(=O)C2CCCN2)c2ccc(C(C)C)c(F)c2-c2ccccc2)o1. The van der Waals surface area contributed by atoms with Gasteiger partial charge in [-0.2, -0.15) is 0 Å². The summed E-state index contributed by atoms with van der Waals surface area (Å²) in [5, 5.41) is 13.7. The quantitative estimate of drug-likeness (QED) is 0.523. The topological polar surface area (TPSA) is 97.1 Å². The van der Waals surface area contributed by atoms with Crippen LogP contribution >= 0.6 is 0 Å². The summed E-state index contributed by atoms with van der Waals surface area (Å²) in [5.74, 6) is -0.589. The summed E-state index contributed by atoms with van der Waals surface area (Å²) in [5.41, 5.74) is 1.90. The number of carbonyl (C=O) groups excluding carboxylic acids is 2. The molecule has 178 valence electrons. The average molecular weight is 465 g/mol. The van der Waals surface area contributed by atoms with Crippen molar-refractivity contribution in [1.82, 2.24) is 20.8 Å². The van der Waals surface area contributed by atoms with Gasteiger partial charge >= 0.3 is 0 Å². The van der Waals surface area contributed by atoms with E-state index in [2.05, 4.69) is 20.8 Å². The number of carbonyl (C=O) groups is 2. The highest BCUT2D eigenvalue weighted by Gasteiger charge is 2.32. The molecule has 1 aromatic heterocycles. The molecule has 1 fully saturated rings. The Labute approximate surface area is 198 Å². The molecule has 2 N–H and O–H groups in total. The van der Waals surface area contributed by atoms with Crippen LogP contribution in [0.25, 0.3) is 11.1 Å². The van der Waals surface area contributed by atoms with Gasteiger partial charge in [0.2, 0.25) is 17.7 Å². The molecule has 0 radical (unpaired) electrons. The number of halogens is 1. The van der Waals surface area contributed by atoms with Gasteiger partial charge in [-0.15, -0.1) is 10.2 Å². The van der Waals surface area contributed by atoms with Gasteiger partial charge < -0.3 is 15.1 Å². The predicted octanol–water partition coefficient (Wildman–Crippen LogP) is 4.03. The monoisotopic (exact) mass is 464 g/mol. The zero-order valence-electron chi connectivity index (χ0n) is 19.6. The summed E-state index contributed by atoms with van der Waals surface area (Å²) in [6.07, 6.45) is 1.39. The van der Waals surface area contributed by atoms with Crippen molar-refractivity contribution < 1.29 is 18.4 Å². The van der Waals surface area contributed by atoms with Crippen molar-refractivity contribution in [3.8, 4) is 11.1 Å². The summed E-state index contributed by atoms with van der Waals surface area (Å²) >= 11 is 0. The van der Waals surface area contributed by atoms with Crippen LogP contribution < -0.4 is 10.6 Å². The van der Waals surface area contributed by atoms with Crippen LogP contribution in [0.4, 0.5) is 4.39 Å². The van der Waals surface area contributed by atoms with Crippen molar-refractivity contribution in [2.75, 3.05) is 6.54 Å². The molecule has 34 heavy (non-hydrogen) atoms. The number of nitrogens with one attached hydrogen (secondary N) is 2. The highest BCUT2D eigenvalue weighted by molar-refractivity contribution is 5.94. The minimum Gasteiger partial charge on any atom is -0.425 e. The molecular formula is C26H29FN4O3. The number of aryl methyl sites for hydroxylation is 1. The second kappa shape index (κ2) is 10.3. The van der Waals surface area contributed by atoms with Crippen molar-refractivity contribution in [3.05, 3.63) is 71.2 Å². The Hall–Kier alpha value is -3.39. The molecule has 0 aliphatic carbocycles. The highest BCUT2D eigenvalue weighted by atomic mass is 19.1. The lowest BCUT2D eigenvalue weighted by atomic mass is 9.87. The zero-order chi connectivity index (χ0) is 24.2. The van der Waals surface area contributed by atoms with Crippen LogP contribution in [-0.4, -0.2) is 34.5 Å². The van der Waals surface area contributed by atoms with Gasteiger partial charge in [0.15, 0.2) is 5.78 Å². The Morgan fingerprint density at radius 2 is 1.88 bits per heavy atom. The van der Waals surface area contributed by atoms with Gasteiger partial charge in [-0.25, -0.2) is 4.39 Å². The van der Waals surface area contributed by atoms with Crippen molar-refractivity contribution in [2.45, 2.75) is 58.0 Å². The molecular weight excluding hydrogens is 435 g/mol. The third-order valence-electron chi connectivity index (χ3n) is 6.08. The largest absolute Gasteiger partial charge is 0.425 e. The van der Waals surface area contributed by atoms with Crippen LogP contribution in [0.2, 0.25) is 0 Å². The maximum atomic E-state index is 15.9. The van der Waals surface area contributed by atoms with Crippen LogP contribution in [0.1, 0.15) is 61.6 Å². The van der Waals surface area contributed by atoms with Gasteiger partial charge in [0.1, 0.15) is 11.9 Å². The number of hydrogen-bond acceptors (Lipinski definition) is 6. The first-order valence-corrected chi connectivity index (χ1v) is 11.6. The fraction of sp³-hybridized carbons (Fsp3) is 0.385.